The number of nitrogens with zero attached hydrogens (tertiary/aromatic N) is 2. The van der Waals surface area contributed by atoms with Gasteiger partial charge in [0.25, 0.3) is 5.91 Å². The molecule has 2 heterocycles. The van der Waals surface area contributed by atoms with E-state index in [9.17, 15) is 23.6 Å². The van der Waals surface area contributed by atoms with Gasteiger partial charge in [0, 0.05) is 32.1 Å². The molecule has 150 valence electrons. The molecule has 4 amide bonds. The molecule has 2 aliphatic heterocycles. The predicted octanol–water partition coefficient (Wildman–Crippen LogP) is -0.107. The Hall–Kier alpha value is -2.97. The molecule has 0 aliphatic carbocycles. The van der Waals surface area contributed by atoms with E-state index in [1.807, 2.05) is 0 Å². The third-order valence-electron chi connectivity index (χ3n) is 5.06. The average Bonchev–Trinajstić information content (AvgIpc) is 2.68. The zero-order valence-electron chi connectivity index (χ0n) is 15.6. The van der Waals surface area contributed by atoms with E-state index in [1.54, 1.807) is 0 Å². The van der Waals surface area contributed by atoms with Gasteiger partial charge >= 0.3 is 0 Å². The van der Waals surface area contributed by atoms with Crippen LogP contribution in [0, 0.1) is 5.82 Å². The molecule has 0 radical (unpaired) electrons. The molecule has 9 heteroatoms. The molecule has 2 N–H and O–H groups in total. The summed E-state index contributed by atoms with van der Waals surface area (Å²) in [5.74, 6) is -2.00. The maximum atomic E-state index is 13.5. The van der Waals surface area contributed by atoms with Crippen LogP contribution in [-0.4, -0.2) is 71.7 Å². The Morgan fingerprint density at radius 3 is 2.71 bits per heavy atom. The maximum absolute atomic E-state index is 13.5. The van der Waals surface area contributed by atoms with Crippen LogP contribution in [-0.2, 0) is 14.4 Å². The summed E-state index contributed by atoms with van der Waals surface area (Å²) in [5, 5.41) is 5.38. The summed E-state index contributed by atoms with van der Waals surface area (Å²) in [4.78, 5) is 52.3. The lowest BCUT2D eigenvalue weighted by Gasteiger charge is -2.40. The fourth-order valence-corrected chi connectivity index (χ4v) is 3.50. The number of carbonyl (C=O) groups is 4. The molecule has 28 heavy (non-hydrogen) atoms. The van der Waals surface area contributed by atoms with Gasteiger partial charge in [-0.15, -0.1) is 0 Å². The molecule has 2 aliphatic rings. The molecule has 2 atom stereocenters. The Morgan fingerprint density at radius 1 is 1.25 bits per heavy atom. The Labute approximate surface area is 162 Å². The van der Waals surface area contributed by atoms with Crippen molar-refractivity contribution < 1.29 is 23.6 Å². The standard InChI is InChI=1S/C19H23FN4O4/c1-12(25)23-8-9-24(19(28)13-4-2-5-14(20)10-13)16(11-23)18(27)22-15-6-3-7-21-17(15)26/h2,4-5,10,15-16H,3,6-9,11H2,1H3,(H,21,26)(H,22,27). The van der Waals surface area contributed by atoms with Crippen molar-refractivity contribution >= 4 is 23.6 Å². The Kier molecular flexibility index (Phi) is 5.91. The molecular weight excluding hydrogens is 367 g/mol. The number of hydrogen-bond donors (Lipinski definition) is 2. The highest BCUT2D eigenvalue weighted by molar-refractivity contribution is 5.99. The zero-order chi connectivity index (χ0) is 20.3. The van der Waals surface area contributed by atoms with Crippen LogP contribution in [0.4, 0.5) is 4.39 Å². The van der Waals surface area contributed by atoms with Gasteiger partial charge in [0.1, 0.15) is 17.9 Å². The first-order chi connectivity index (χ1) is 13.4. The summed E-state index contributed by atoms with van der Waals surface area (Å²) in [7, 11) is 0. The van der Waals surface area contributed by atoms with Gasteiger partial charge in [0.2, 0.25) is 17.7 Å². The molecule has 0 saturated carbocycles. The van der Waals surface area contributed by atoms with E-state index < -0.39 is 29.7 Å². The van der Waals surface area contributed by atoms with Crippen LogP contribution in [0.1, 0.15) is 30.1 Å². The minimum absolute atomic E-state index is 0.0244. The predicted molar refractivity (Wildman–Crippen MR) is 97.7 cm³/mol. The quantitative estimate of drug-likeness (QED) is 0.753. The number of nitrogens with one attached hydrogen (secondary N) is 2. The highest BCUT2D eigenvalue weighted by Crippen LogP contribution is 2.16. The third-order valence-corrected chi connectivity index (χ3v) is 5.06. The van der Waals surface area contributed by atoms with Crippen molar-refractivity contribution in [3.05, 3.63) is 35.6 Å². The first-order valence-corrected chi connectivity index (χ1v) is 9.27. The second kappa shape index (κ2) is 8.37. The van der Waals surface area contributed by atoms with Crippen LogP contribution in [0.3, 0.4) is 0 Å². The molecule has 8 nitrogen and oxygen atoms in total. The third kappa shape index (κ3) is 4.29. The smallest absolute Gasteiger partial charge is 0.254 e. The number of benzene rings is 1. The minimum Gasteiger partial charge on any atom is -0.354 e. The van der Waals surface area contributed by atoms with E-state index >= 15 is 0 Å². The molecule has 0 bridgehead atoms. The summed E-state index contributed by atoms with van der Waals surface area (Å²) < 4.78 is 13.5. The van der Waals surface area contributed by atoms with E-state index in [1.165, 1.54) is 34.9 Å². The first kappa shape index (κ1) is 19.8. The summed E-state index contributed by atoms with van der Waals surface area (Å²) in [5.41, 5.74) is 0.129. The highest BCUT2D eigenvalue weighted by Gasteiger charge is 2.38. The summed E-state index contributed by atoms with van der Waals surface area (Å²) >= 11 is 0. The summed E-state index contributed by atoms with van der Waals surface area (Å²) in [6, 6.07) is 3.63. The van der Waals surface area contributed by atoms with Gasteiger partial charge < -0.3 is 20.4 Å². The number of piperazine rings is 1. The topological polar surface area (TPSA) is 98.8 Å². The SMILES string of the molecule is CC(=O)N1CCN(C(=O)c2cccc(F)c2)C(C(=O)NC2CCCNC2=O)C1. The van der Waals surface area contributed by atoms with Gasteiger partial charge in [0.15, 0.2) is 0 Å². The normalized spacial score (nSPS) is 22.4. The number of hydrogen-bond acceptors (Lipinski definition) is 4. The Morgan fingerprint density at radius 2 is 2.04 bits per heavy atom. The monoisotopic (exact) mass is 390 g/mol. The molecule has 2 fully saturated rings. The van der Waals surface area contributed by atoms with E-state index in [2.05, 4.69) is 10.6 Å². The van der Waals surface area contributed by atoms with Crippen LogP contribution in [0.5, 0.6) is 0 Å². The molecular formula is C19H23FN4O4. The lowest BCUT2D eigenvalue weighted by atomic mass is 10.0. The molecule has 3 rings (SSSR count). The number of rotatable bonds is 3. The fourth-order valence-electron chi connectivity index (χ4n) is 3.50. The van der Waals surface area contributed by atoms with E-state index in [4.69, 9.17) is 0 Å². The molecule has 2 saturated heterocycles. The van der Waals surface area contributed by atoms with Gasteiger partial charge in [-0.05, 0) is 31.0 Å². The zero-order valence-corrected chi connectivity index (χ0v) is 15.6. The van der Waals surface area contributed by atoms with Crippen molar-refractivity contribution in [1.82, 2.24) is 20.4 Å². The van der Waals surface area contributed by atoms with E-state index in [-0.39, 0.29) is 37.0 Å². The Balaban J connectivity index is 1.80. The van der Waals surface area contributed by atoms with Crippen molar-refractivity contribution in [1.29, 1.82) is 0 Å². The molecule has 0 aromatic heterocycles. The van der Waals surface area contributed by atoms with Crippen LogP contribution in [0.25, 0.3) is 0 Å². The van der Waals surface area contributed by atoms with Crippen LogP contribution >= 0.6 is 0 Å². The molecule has 1 aromatic carbocycles. The van der Waals surface area contributed by atoms with Gasteiger partial charge in [0.05, 0.1) is 6.54 Å². The van der Waals surface area contributed by atoms with Gasteiger partial charge in [-0.2, -0.15) is 0 Å². The van der Waals surface area contributed by atoms with E-state index in [0.29, 0.717) is 13.0 Å². The first-order valence-electron chi connectivity index (χ1n) is 9.27. The Bertz CT molecular complexity index is 800. The second-order valence-corrected chi connectivity index (χ2v) is 6.98. The van der Waals surface area contributed by atoms with Crippen molar-refractivity contribution in [2.45, 2.75) is 31.8 Å². The number of amides is 4. The largest absolute Gasteiger partial charge is 0.354 e. The van der Waals surface area contributed by atoms with Gasteiger partial charge in [-0.25, -0.2) is 4.39 Å². The van der Waals surface area contributed by atoms with Crippen molar-refractivity contribution in [3.63, 3.8) is 0 Å². The maximum Gasteiger partial charge on any atom is 0.254 e. The highest BCUT2D eigenvalue weighted by atomic mass is 19.1. The lowest BCUT2D eigenvalue weighted by Crippen LogP contribution is -2.63. The summed E-state index contributed by atoms with van der Waals surface area (Å²) in [6.07, 6.45) is 1.26. The van der Waals surface area contributed by atoms with Crippen molar-refractivity contribution in [2.75, 3.05) is 26.2 Å². The lowest BCUT2D eigenvalue weighted by molar-refractivity contribution is -0.137. The second-order valence-electron chi connectivity index (χ2n) is 6.98. The van der Waals surface area contributed by atoms with Crippen molar-refractivity contribution in [3.8, 4) is 0 Å². The number of halogens is 1. The minimum atomic E-state index is -0.955. The molecule has 1 aromatic rings. The fraction of sp³-hybridized carbons (Fsp3) is 0.474. The molecule has 0 spiro atoms. The van der Waals surface area contributed by atoms with Gasteiger partial charge in [-0.3, -0.25) is 19.2 Å². The summed E-state index contributed by atoms with van der Waals surface area (Å²) in [6.45, 7) is 2.41. The average molecular weight is 390 g/mol. The van der Waals surface area contributed by atoms with Crippen LogP contribution in [0.2, 0.25) is 0 Å². The van der Waals surface area contributed by atoms with Crippen LogP contribution < -0.4 is 10.6 Å². The van der Waals surface area contributed by atoms with Crippen LogP contribution in [0.15, 0.2) is 24.3 Å². The van der Waals surface area contributed by atoms with E-state index in [0.717, 1.165) is 12.5 Å². The number of piperidine rings is 1. The molecule has 2 unspecified atom stereocenters. The number of carbonyl (C=O) groups excluding carboxylic acids is 4. The van der Waals surface area contributed by atoms with Gasteiger partial charge in [-0.1, -0.05) is 6.07 Å². The van der Waals surface area contributed by atoms with Crippen molar-refractivity contribution in [2.24, 2.45) is 0 Å².